The zero-order chi connectivity index (χ0) is 13.5. The number of piperazine rings is 1. The second kappa shape index (κ2) is 9.06. The monoisotopic (exact) mass is 300 g/mol. The molecule has 114 valence electrons. The zero-order valence-corrected chi connectivity index (χ0v) is 13.2. The van der Waals surface area contributed by atoms with Gasteiger partial charge in [-0.15, -0.1) is 12.4 Å². The van der Waals surface area contributed by atoms with E-state index in [-0.39, 0.29) is 12.4 Å². The maximum absolute atomic E-state index is 5.43. The van der Waals surface area contributed by atoms with Crippen LogP contribution in [0.25, 0.3) is 0 Å². The highest BCUT2D eigenvalue weighted by Crippen LogP contribution is 2.28. The molecule has 20 heavy (non-hydrogen) atoms. The topological polar surface area (TPSA) is 24.9 Å². The van der Waals surface area contributed by atoms with E-state index in [1.807, 2.05) is 12.1 Å². The van der Waals surface area contributed by atoms with Crippen molar-refractivity contribution < 1.29 is 9.47 Å². The number of halogens is 1. The molecule has 1 heterocycles. The second-order valence-electron chi connectivity index (χ2n) is 4.85. The molecule has 0 unspecified atom stereocenters. The maximum atomic E-state index is 5.43. The predicted molar refractivity (Wildman–Crippen MR) is 85.4 cm³/mol. The first-order chi connectivity index (χ1) is 9.35. The van der Waals surface area contributed by atoms with Crippen LogP contribution in [0.3, 0.4) is 0 Å². The lowest BCUT2D eigenvalue weighted by atomic mass is 10.2. The summed E-state index contributed by atoms with van der Waals surface area (Å²) in [5.41, 5.74) is 1.21. The highest BCUT2D eigenvalue weighted by atomic mass is 35.5. The van der Waals surface area contributed by atoms with Gasteiger partial charge in [0.1, 0.15) is 5.75 Å². The van der Waals surface area contributed by atoms with Crippen molar-refractivity contribution in [3.63, 3.8) is 0 Å². The molecule has 0 saturated carbocycles. The fourth-order valence-corrected chi connectivity index (χ4v) is 2.54. The summed E-state index contributed by atoms with van der Waals surface area (Å²) < 4.78 is 10.5. The summed E-state index contributed by atoms with van der Waals surface area (Å²) >= 11 is 0. The van der Waals surface area contributed by atoms with Gasteiger partial charge in [-0.3, -0.25) is 4.90 Å². The van der Waals surface area contributed by atoms with E-state index in [1.165, 1.54) is 5.69 Å². The predicted octanol–water partition coefficient (Wildman–Crippen LogP) is 2.28. The molecule has 1 saturated heterocycles. The molecule has 1 aromatic carbocycles. The lowest BCUT2D eigenvalue weighted by Gasteiger charge is -2.36. The SMILES string of the molecule is COCCCN1CCN(c2ccccc2OC)CC1.Cl. The minimum Gasteiger partial charge on any atom is -0.495 e. The van der Waals surface area contributed by atoms with Crippen LogP contribution in [-0.4, -0.2) is 58.5 Å². The van der Waals surface area contributed by atoms with Crippen LogP contribution in [0, 0.1) is 0 Å². The minimum absolute atomic E-state index is 0. The van der Waals surface area contributed by atoms with E-state index in [4.69, 9.17) is 9.47 Å². The van der Waals surface area contributed by atoms with E-state index >= 15 is 0 Å². The molecular formula is C15H25ClN2O2. The van der Waals surface area contributed by atoms with E-state index in [0.29, 0.717) is 0 Å². The van der Waals surface area contributed by atoms with Gasteiger partial charge in [-0.1, -0.05) is 12.1 Å². The zero-order valence-electron chi connectivity index (χ0n) is 12.4. The molecule has 1 aliphatic heterocycles. The second-order valence-corrected chi connectivity index (χ2v) is 4.85. The van der Waals surface area contributed by atoms with Crippen LogP contribution in [0.5, 0.6) is 5.75 Å². The van der Waals surface area contributed by atoms with Gasteiger partial charge < -0.3 is 14.4 Å². The molecule has 1 fully saturated rings. The van der Waals surface area contributed by atoms with Gasteiger partial charge in [0, 0.05) is 46.4 Å². The summed E-state index contributed by atoms with van der Waals surface area (Å²) in [5.74, 6) is 0.968. The molecule has 0 radical (unpaired) electrons. The Morgan fingerprint density at radius 1 is 1.05 bits per heavy atom. The van der Waals surface area contributed by atoms with E-state index < -0.39 is 0 Å². The Hall–Kier alpha value is -0.970. The van der Waals surface area contributed by atoms with Gasteiger partial charge in [-0.05, 0) is 18.6 Å². The first kappa shape index (κ1) is 17.1. The summed E-state index contributed by atoms with van der Waals surface area (Å²) in [5, 5.41) is 0. The summed E-state index contributed by atoms with van der Waals surface area (Å²) in [6.45, 7) is 6.34. The van der Waals surface area contributed by atoms with Gasteiger partial charge in [0.25, 0.3) is 0 Å². The van der Waals surface area contributed by atoms with Crippen LogP contribution in [0.15, 0.2) is 24.3 Å². The highest BCUT2D eigenvalue weighted by molar-refractivity contribution is 5.85. The van der Waals surface area contributed by atoms with Crippen molar-refractivity contribution in [2.24, 2.45) is 0 Å². The van der Waals surface area contributed by atoms with Crippen LogP contribution in [0.2, 0.25) is 0 Å². The standard InChI is InChI=1S/C15H24N2O2.ClH/c1-18-13-5-8-16-9-11-17(12-10-16)14-6-3-4-7-15(14)19-2;/h3-4,6-7H,5,8-13H2,1-2H3;1H. The Morgan fingerprint density at radius 2 is 1.75 bits per heavy atom. The average Bonchev–Trinajstić information content (AvgIpc) is 2.48. The Labute approximate surface area is 128 Å². The average molecular weight is 301 g/mol. The van der Waals surface area contributed by atoms with Crippen LogP contribution in [0.4, 0.5) is 5.69 Å². The number of methoxy groups -OCH3 is 2. The fraction of sp³-hybridized carbons (Fsp3) is 0.600. The number of anilines is 1. The molecule has 0 aliphatic carbocycles. The van der Waals surface area contributed by atoms with Crippen molar-refractivity contribution in [3.8, 4) is 5.75 Å². The molecule has 0 aromatic heterocycles. The quantitative estimate of drug-likeness (QED) is 0.753. The third kappa shape index (κ3) is 4.54. The van der Waals surface area contributed by atoms with Crippen molar-refractivity contribution in [3.05, 3.63) is 24.3 Å². The molecule has 4 nitrogen and oxygen atoms in total. The fourth-order valence-electron chi connectivity index (χ4n) is 2.54. The Balaban J connectivity index is 0.00000200. The number of para-hydroxylation sites is 2. The lowest BCUT2D eigenvalue weighted by Crippen LogP contribution is -2.46. The normalized spacial score (nSPS) is 15.8. The Kier molecular flexibility index (Phi) is 7.73. The van der Waals surface area contributed by atoms with Gasteiger partial charge in [0.15, 0.2) is 0 Å². The van der Waals surface area contributed by atoms with Gasteiger partial charge in [-0.2, -0.15) is 0 Å². The van der Waals surface area contributed by atoms with E-state index in [2.05, 4.69) is 21.9 Å². The first-order valence-electron chi connectivity index (χ1n) is 6.94. The largest absolute Gasteiger partial charge is 0.495 e. The van der Waals surface area contributed by atoms with Crippen molar-refractivity contribution in [1.29, 1.82) is 0 Å². The first-order valence-corrected chi connectivity index (χ1v) is 6.94. The molecule has 0 amide bonds. The number of nitrogens with zero attached hydrogens (tertiary/aromatic N) is 2. The van der Waals surface area contributed by atoms with E-state index in [1.54, 1.807) is 14.2 Å². The van der Waals surface area contributed by atoms with Crippen molar-refractivity contribution >= 4 is 18.1 Å². The van der Waals surface area contributed by atoms with Crippen molar-refractivity contribution in [2.45, 2.75) is 6.42 Å². The molecule has 0 N–H and O–H groups in total. The van der Waals surface area contributed by atoms with Crippen molar-refractivity contribution in [2.75, 3.05) is 58.5 Å². The summed E-state index contributed by atoms with van der Waals surface area (Å²) in [6, 6.07) is 8.26. The highest BCUT2D eigenvalue weighted by Gasteiger charge is 2.18. The van der Waals surface area contributed by atoms with Gasteiger partial charge >= 0.3 is 0 Å². The minimum atomic E-state index is 0. The Morgan fingerprint density at radius 3 is 2.40 bits per heavy atom. The van der Waals surface area contributed by atoms with Gasteiger partial charge in [-0.25, -0.2) is 0 Å². The molecule has 1 aliphatic rings. The number of ether oxygens (including phenoxy) is 2. The molecule has 0 bridgehead atoms. The maximum Gasteiger partial charge on any atom is 0.142 e. The van der Waals surface area contributed by atoms with Crippen molar-refractivity contribution in [1.82, 2.24) is 4.90 Å². The Bertz CT molecular complexity index is 382. The number of hydrogen-bond donors (Lipinski definition) is 0. The molecule has 2 rings (SSSR count). The van der Waals surface area contributed by atoms with Gasteiger partial charge in [0.2, 0.25) is 0 Å². The van der Waals surface area contributed by atoms with Gasteiger partial charge in [0.05, 0.1) is 12.8 Å². The lowest BCUT2D eigenvalue weighted by molar-refractivity contribution is 0.169. The van der Waals surface area contributed by atoms with Crippen LogP contribution in [0.1, 0.15) is 6.42 Å². The summed E-state index contributed by atoms with van der Waals surface area (Å²) in [4.78, 5) is 4.91. The van der Waals surface area contributed by atoms with E-state index in [9.17, 15) is 0 Å². The number of hydrogen-bond acceptors (Lipinski definition) is 4. The molecule has 0 atom stereocenters. The third-order valence-corrected chi connectivity index (χ3v) is 3.62. The molecule has 1 aromatic rings. The number of benzene rings is 1. The van der Waals surface area contributed by atoms with E-state index in [0.717, 1.165) is 51.5 Å². The summed E-state index contributed by atoms with van der Waals surface area (Å²) in [6.07, 6.45) is 1.12. The third-order valence-electron chi connectivity index (χ3n) is 3.62. The van der Waals surface area contributed by atoms with Crippen LogP contribution >= 0.6 is 12.4 Å². The summed E-state index contributed by atoms with van der Waals surface area (Å²) in [7, 11) is 3.50. The smallest absolute Gasteiger partial charge is 0.142 e. The van der Waals surface area contributed by atoms with Crippen LogP contribution in [-0.2, 0) is 4.74 Å². The number of rotatable bonds is 6. The molecule has 0 spiro atoms. The molecule has 5 heteroatoms. The molecular weight excluding hydrogens is 276 g/mol. The van der Waals surface area contributed by atoms with Crippen LogP contribution < -0.4 is 9.64 Å².